The molecule has 0 saturated heterocycles. The van der Waals surface area contributed by atoms with Crippen LogP contribution < -0.4 is 14.8 Å². The first-order valence-corrected chi connectivity index (χ1v) is 8.21. The molecular weight excluding hydrogens is 342 g/mol. The lowest BCUT2D eigenvalue weighted by Gasteiger charge is -2.15. The van der Waals surface area contributed by atoms with E-state index < -0.39 is 0 Å². The van der Waals surface area contributed by atoms with Crippen LogP contribution in [-0.4, -0.2) is 13.7 Å². The molecule has 0 radical (unpaired) electrons. The van der Waals surface area contributed by atoms with Crippen LogP contribution in [0.25, 0.3) is 0 Å². The van der Waals surface area contributed by atoms with Crippen molar-refractivity contribution in [3.63, 3.8) is 0 Å². The Bertz CT molecular complexity index is 628. The Morgan fingerprint density at radius 3 is 2.55 bits per heavy atom. The molecule has 4 heteroatoms. The van der Waals surface area contributed by atoms with Gasteiger partial charge in [0.1, 0.15) is 6.61 Å². The van der Waals surface area contributed by atoms with E-state index in [1.54, 1.807) is 0 Å². The maximum absolute atomic E-state index is 5.97. The van der Waals surface area contributed by atoms with E-state index in [2.05, 4.69) is 46.4 Å². The molecule has 118 valence electrons. The van der Waals surface area contributed by atoms with Gasteiger partial charge in [-0.2, -0.15) is 0 Å². The highest BCUT2D eigenvalue weighted by Gasteiger charge is 2.11. The molecule has 0 unspecified atom stereocenters. The molecule has 0 aliphatic rings. The van der Waals surface area contributed by atoms with Gasteiger partial charge in [-0.1, -0.05) is 45.8 Å². The van der Waals surface area contributed by atoms with Gasteiger partial charge in [0, 0.05) is 11.0 Å². The molecule has 0 saturated carbocycles. The minimum absolute atomic E-state index is 0.527. The highest BCUT2D eigenvalue weighted by atomic mass is 79.9. The quantitative estimate of drug-likeness (QED) is 0.787. The third kappa shape index (κ3) is 4.49. The van der Waals surface area contributed by atoms with E-state index in [9.17, 15) is 0 Å². The van der Waals surface area contributed by atoms with Crippen molar-refractivity contribution in [2.45, 2.75) is 27.0 Å². The van der Waals surface area contributed by atoms with Crippen molar-refractivity contribution in [2.75, 3.05) is 13.7 Å². The molecule has 0 heterocycles. The summed E-state index contributed by atoms with van der Waals surface area (Å²) in [6, 6.07) is 12.3. The lowest BCUT2D eigenvalue weighted by atomic mass is 10.1. The molecule has 0 amide bonds. The molecule has 22 heavy (non-hydrogen) atoms. The second-order valence-electron chi connectivity index (χ2n) is 5.13. The Morgan fingerprint density at radius 2 is 1.86 bits per heavy atom. The first kappa shape index (κ1) is 16.8. The molecular formula is C18H22BrNO2. The van der Waals surface area contributed by atoms with Gasteiger partial charge in [-0.05, 0) is 44.2 Å². The van der Waals surface area contributed by atoms with Gasteiger partial charge in [-0.25, -0.2) is 0 Å². The zero-order valence-electron chi connectivity index (χ0n) is 13.3. The molecule has 0 aliphatic carbocycles. The van der Waals surface area contributed by atoms with Crippen LogP contribution in [0.3, 0.4) is 0 Å². The summed E-state index contributed by atoms with van der Waals surface area (Å²) < 4.78 is 12.7. The number of nitrogens with one attached hydrogen (secondary N) is 1. The van der Waals surface area contributed by atoms with Crippen molar-refractivity contribution in [2.24, 2.45) is 0 Å². The lowest BCUT2D eigenvalue weighted by molar-refractivity contribution is 0.269. The molecule has 0 aliphatic heterocycles. The third-order valence-electron chi connectivity index (χ3n) is 3.26. The van der Waals surface area contributed by atoms with Gasteiger partial charge in [0.05, 0.1) is 6.61 Å². The molecule has 0 aromatic heterocycles. The fraction of sp³-hybridized carbons (Fsp3) is 0.333. The van der Waals surface area contributed by atoms with E-state index in [0.717, 1.165) is 33.6 Å². The van der Waals surface area contributed by atoms with Crippen molar-refractivity contribution in [1.29, 1.82) is 0 Å². The van der Waals surface area contributed by atoms with Crippen molar-refractivity contribution in [3.8, 4) is 11.5 Å². The Balaban J connectivity index is 2.19. The van der Waals surface area contributed by atoms with Crippen molar-refractivity contribution in [3.05, 3.63) is 57.6 Å². The van der Waals surface area contributed by atoms with Crippen molar-refractivity contribution < 1.29 is 9.47 Å². The predicted molar refractivity (Wildman–Crippen MR) is 93.6 cm³/mol. The number of benzene rings is 2. The van der Waals surface area contributed by atoms with E-state index in [4.69, 9.17) is 9.47 Å². The van der Waals surface area contributed by atoms with E-state index in [1.807, 2.05) is 32.2 Å². The topological polar surface area (TPSA) is 30.5 Å². The molecule has 0 atom stereocenters. The van der Waals surface area contributed by atoms with Gasteiger partial charge >= 0.3 is 0 Å². The largest absolute Gasteiger partial charge is 0.490 e. The van der Waals surface area contributed by atoms with Crippen LogP contribution in [0, 0.1) is 6.92 Å². The Labute approximate surface area is 140 Å². The molecule has 2 rings (SSSR count). The van der Waals surface area contributed by atoms with Crippen LogP contribution in [0.5, 0.6) is 11.5 Å². The molecule has 0 bridgehead atoms. The first-order chi connectivity index (χ1) is 10.6. The van der Waals surface area contributed by atoms with E-state index in [-0.39, 0.29) is 0 Å². The first-order valence-electron chi connectivity index (χ1n) is 7.42. The van der Waals surface area contributed by atoms with Gasteiger partial charge in [0.2, 0.25) is 0 Å². The fourth-order valence-corrected chi connectivity index (χ4v) is 2.71. The second kappa shape index (κ2) is 8.20. The SMILES string of the molecule is CCOc1cc(CNC)c(Br)cc1OCc1cccc(C)c1. The summed E-state index contributed by atoms with van der Waals surface area (Å²) in [7, 11) is 1.93. The highest BCUT2D eigenvalue weighted by molar-refractivity contribution is 9.10. The van der Waals surface area contributed by atoms with Gasteiger partial charge in [-0.15, -0.1) is 0 Å². The Hall–Kier alpha value is -1.52. The van der Waals surface area contributed by atoms with Crippen molar-refractivity contribution >= 4 is 15.9 Å². The average molecular weight is 364 g/mol. The minimum Gasteiger partial charge on any atom is -0.490 e. The number of ether oxygens (including phenoxy) is 2. The van der Waals surface area contributed by atoms with Crippen LogP contribution in [-0.2, 0) is 13.2 Å². The minimum atomic E-state index is 0.527. The number of halogens is 1. The van der Waals surface area contributed by atoms with E-state index in [1.165, 1.54) is 5.56 Å². The maximum atomic E-state index is 5.97. The summed E-state index contributed by atoms with van der Waals surface area (Å²) in [6.45, 7) is 5.97. The standard InChI is InChI=1S/C18H22BrNO2/c1-4-21-17-9-15(11-20-3)16(19)10-18(17)22-12-14-7-5-6-13(2)8-14/h5-10,20H,4,11-12H2,1-3H3. The number of hydrogen-bond donors (Lipinski definition) is 1. The monoisotopic (exact) mass is 363 g/mol. The lowest BCUT2D eigenvalue weighted by Crippen LogP contribution is -2.07. The van der Waals surface area contributed by atoms with Gasteiger partial charge < -0.3 is 14.8 Å². The van der Waals surface area contributed by atoms with E-state index >= 15 is 0 Å². The highest BCUT2D eigenvalue weighted by Crippen LogP contribution is 2.34. The molecule has 0 spiro atoms. The second-order valence-corrected chi connectivity index (χ2v) is 5.99. The Morgan fingerprint density at radius 1 is 1.09 bits per heavy atom. The summed E-state index contributed by atoms with van der Waals surface area (Å²) in [5.41, 5.74) is 3.53. The molecule has 3 nitrogen and oxygen atoms in total. The zero-order valence-corrected chi connectivity index (χ0v) is 14.9. The average Bonchev–Trinajstić information content (AvgIpc) is 2.49. The number of rotatable bonds is 7. The van der Waals surface area contributed by atoms with Gasteiger partial charge in [-0.3, -0.25) is 0 Å². The normalized spacial score (nSPS) is 10.5. The van der Waals surface area contributed by atoms with Crippen LogP contribution in [0.15, 0.2) is 40.9 Å². The Kier molecular flexibility index (Phi) is 6.28. The zero-order chi connectivity index (χ0) is 15.9. The summed E-state index contributed by atoms with van der Waals surface area (Å²) in [5, 5.41) is 3.15. The molecule has 2 aromatic carbocycles. The summed E-state index contributed by atoms with van der Waals surface area (Å²) in [5.74, 6) is 1.54. The molecule has 1 N–H and O–H groups in total. The van der Waals surface area contributed by atoms with Crippen LogP contribution in [0.4, 0.5) is 0 Å². The summed E-state index contributed by atoms with van der Waals surface area (Å²) in [6.07, 6.45) is 0. The third-order valence-corrected chi connectivity index (χ3v) is 3.99. The predicted octanol–water partition coefficient (Wildman–Crippen LogP) is 4.45. The van der Waals surface area contributed by atoms with Gasteiger partial charge in [0.15, 0.2) is 11.5 Å². The molecule has 2 aromatic rings. The fourth-order valence-electron chi connectivity index (χ4n) is 2.25. The number of aryl methyl sites for hydroxylation is 1. The molecule has 0 fully saturated rings. The van der Waals surface area contributed by atoms with E-state index in [0.29, 0.717) is 13.2 Å². The summed E-state index contributed by atoms with van der Waals surface area (Å²) in [4.78, 5) is 0. The number of hydrogen-bond acceptors (Lipinski definition) is 3. The van der Waals surface area contributed by atoms with Gasteiger partial charge in [0.25, 0.3) is 0 Å². The van der Waals surface area contributed by atoms with Crippen LogP contribution in [0.2, 0.25) is 0 Å². The van der Waals surface area contributed by atoms with Crippen LogP contribution in [0.1, 0.15) is 23.6 Å². The van der Waals surface area contributed by atoms with Crippen molar-refractivity contribution in [1.82, 2.24) is 5.32 Å². The smallest absolute Gasteiger partial charge is 0.162 e. The summed E-state index contributed by atoms with van der Waals surface area (Å²) >= 11 is 3.60. The maximum Gasteiger partial charge on any atom is 0.162 e. The van der Waals surface area contributed by atoms with Crippen LogP contribution >= 0.6 is 15.9 Å².